The summed E-state index contributed by atoms with van der Waals surface area (Å²) >= 11 is 0. The van der Waals surface area contributed by atoms with Crippen LogP contribution < -0.4 is 32.7 Å². The molecule has 0 aromatic heterocycles. The van der Waals surface area contributed by atoms with Crippen molar-refractivity contribution in [3.8, 4) is 0 Å². The first kappa shape index (κ1) is 36.2. The van der Waals surface area contributed by atoms with Crippen LogP contribution in [-0.4, -0.2) is 116 Å². The molecule has 6 fully saturated rings. The predicted octanol–water partition coefficient (Wildman–Crippen LogP) is 2.17. The number of likely N-dealkylation sites (tertiary alicyclic amines) is 2. The van der Waals surface area contributed by atoms with Crippen molar-refractivity contribution in [1.29, 1.82) is 0 Å². The van der Waals surface area contributed by atoms with E-state index in [1.165, 1.54) is 57.2 Å². The molecule has 0 bridgehead atoms. The maximum atomic E-state index is 15.2. The quantitative estimate of drug-likeness (QED) is 0.144. The minimum Gasteiger partial charge on any atom is -0.377 e. The summed E-state index contributed by atoms with van der Waals surface area (Å²) in [6.07, 6.45) is 16.6. The summed E-state index contributed by atoms with van der Waals surface area (Å²) in [5.41, 5.74) is 14.4. The van der Waals surface area contributed by atoms with Crippen LogP contribution in [0.1, 0.15) is 96.3 Å². The minimum absolute atomic E-state index is 0.0608. The number of carbonyl (C=O) groups is 1. The number of carbonyl (C=O) groups excluding carboxylic acids is 1. The van der Waals surface area contributed by atoms with Gasteiger partial charge in [0.05, 0.1) is 18.1 Å². The molecule has 5 heterocycles. The molecule has 2 aliphatic carbocycles. The average molecular weight is 687 g/mol. The molecule has 2 saturated carbocycles. The van der Waals surface area contributed by atoms with E-state index in [9.17, 15) is 9.90 Å². The second kappa shape index (κ2) is 16.2. The largest absolute Gasteiger partial charge is 0.377 e. The Morgan fingerprint density at radius 2 is 1.69 bits per heavy atom. The van der Waals surface area contributed by atoms with Crippen molar-refractivity contribution in [2.45, 2.75) is 139 Å². The van der Waals surface area contributed by atoms with E-state index in [0.29, 0.717) is 24.9 Å². The number of fused-ring (bicyclic) bond motifs is 1. The molecule has 7 rings (SSSR count). The Kier molecular flexibility index (Phi) is 12.0. The van der Waals surface area contributed by atoms with E-state index in [1.54, 1.807) is 0 Å². The number of rotatable bonds is 9. The van der Waals surface area contributed by atoms with Crippen LogP contribution in [0.25, 0.3) is 0 Å². The van der Waals surface area contributed by atoms with Crippen LogP contribution in [0.5, 0.6) is 0 Å². The molecule has 5 aliphatic heterocycles. The lowest BCUT2D eigenvalue weighted by atomic mass is 9.50. The number of hydrogen-bond donors (Lipinski definition) is 7. The van der Waals surface area contributed by atoms with Gasteiger partial charge in [0.1, 0.15) is 12.4 Å². The number of aliphatic hydroxyl groups is 1. The monoisotopic (exact) mass is 687 g/mol. The molecule has 10 nitrogen and oxygen atoms in total. The van der Waals surface area contributed by atoms with Gasteiger partial charge in [-0.05, 0) is 119 Å². The molecule has 9 N–H and O–H groups in total. The molecule has 0 spiro atoms. The molecule has 0 radical (unpaired) electrons. The molecule has 7 aliphatic rings. The maximum Gasteiger partial charge on any atom is 0.228 e. The van der Waals surface area contributed by atoms with Gasteiger partial charge in [-0.25, -0.2) is 4.39 Å². The summed E-state index contributed by atoms with van der Waals surface area (Å²) in [5.74, 6) is 0.448. The van der Waals surface area contributed by atoms with Gasteiger partial charge < -0.3 is 42.7 Å². The molecular weight excluding hydrogens is 619 g/mol. The Hall–Kier alpha value is -1.18. The zero-order chi connectivity index (χ0) is 34.0. The molecule has 278 valence electrons. The highest BCUT2D eigenvalue weighted by molar-refractivity contribution is 5.81. The predicted molar refractivity (Wildman–Crippen MR) is 192 cm³/mol. The molecule has 0 aromatic rings. The number of aliphatic hydroxyl groups excluding tert-OH is 1. The summed E-state index contributed by atoms with van der Waals surface area (Å²) in [6.45, 7) is 6.90. The highest BCUT2D eigenvalue weighted by Crippen LogP contribution is 2.58. The fourth-order valence-electron chi connectivity index (χ4n) is 11.5. The van der Waals surface area contributed by atoms with Crippen LogP contribution in [0.2, 0.25) is 0 Å². The summed E-state index contributed by atoms with van der Waals surface area (Å²) < 4.78 is 15.2. The summed E-state index contributed by atoms with van der Waals surface area (Å²) in [4.78, 5) is 19.3. The number of nitrogens with zero attached hydrogens (tertiary/aromatic N) is 2. The van der Waals surface area contributed by atoms with E-state index in [0.717, 1.165) is 77.5 Å². The lowest BCUT2D eigenvalue weighted by Gasteiger charge is -2.57. The van der Waals surface area contributed by atoms with Gasteiger partial charge in [-0.1, -0.05) is 25.3 Å². The van der Waals surface area contributed by atoms with E-state index in [-0.39, 0.29) is 47.8 Å². The topological polar surface area (TPSA) is 144 Å². The molecule has 9 atom stereocenters. The Bertz CT molecular complexity index is 1120. The van der Waals surface area contributed by atoms with Crippen molar-refractivity contribution in [2.75, 3.05) is 52.4 Å². The average Bonchev–Trinajstić information content (AvgIpc) is 3.63. The molecule has 4 saturated heterocycles. The van der Waals surface area contributed by atoms with E-state index in [4.69, 9.17) is 11.5 Å². The first-order chi connectivity index (χ1) is 23.8. The Labute approximate surface area is 294 Å². The number of hydrogen-bond acceptors (Lipinski definition) is 9. The number of halogens is 1. The SMILES string of the molecule is NC(N)C(C(=O)NC1CNCC=C1C1CCC(C(O)N2CCC(N3CCCC3)CC2)NC1)C1NCC(F)CCC2(C3CCC3)CCCCC12. The second-order valence-electron chi connectivity index (χ2n) is 17.0. The second-order valence-corrected chi connectivity index (χ2v) is 17.0. The normalized spacial score (nSPS) is 38.9. The van der Waals surface area contributed by atoms with E-state index >= 15 is 4.39 Å². The summed E-state index contributed by atoms with van der Waals surface area (Å²) in [7, 11) is 0. The standard InChI is InChI=1S/C38H67FN8O2/c39-27-11-16-38(26-6-5-7-26)15-2-1-8-30(38)34(44-23-27)33(35(40)41)36(48)45-32-24-42-17-12-29(32)25-9-10-31(43-22-25)37(49)47-20-13-28(14-21-47)46-18-3-4-19-46/h12,25-28,30-35,37,42-44,49H,1-11,13-24,40-41H2,(H,45,48). The lowest BCUT2D eigenvalue weighted by molar-refractivity contribution is -0.131. The van der Waals surface area contributed by atoms with Gasteiger partial charge in [-0.2, -0.15) is 0 Å². The number of piperidine rings is 2. The molecule has 9 unspecified atom stereocenters. The first-order valence-corrected chi connectivity index (χ1v) is 20.3. The zero-order valence-electron chi connectivity index (χ0n) is 30.0. The minimum atomic E-state index is -0.917. The maximum absolute atomic E-state index is 15.2. The molecule has 0 aromatic carbocycles. The third kappa shape index (κ3) is 7.80. The van der Waals surface area contributed by atoms with E-state index in [2.05, 4.69) is 37.1 Å². The van der Waals surface area contributed by atoms with Gasteiger partial charge >= 0.3 is 0 Å². The van der Waals surface area contributed by atoms with Gasteiger partial charge in [0.25, 0.3) is 0 Å². The van der Waals surface area contributed by atoms with Crippen molar-refractivity contribution in [1.82, 2.24) is 31.1 Å². The smallest absolute Gasteiger partial charge is 0.228 e. The third-order valence-electron chi connectivity index (χ3n) is 14.5. The summed E-state index contributed by atoms with van der Waals surface area (Å²) in [6, 6.07) is 0.359. The van der Waals surface area contributed by atoms with Crippen LogP contribution in [0, 0.1) is 29.1 Å². The Morgan fingerprint density at radius 1 is 0.898 bits per heavy atom. The molecule has 11 heteroatoms. The van der Waals surface area contributed by atoms with Crippen LogP contribution in [0.4, 0.5) is 4.39 Å². The van der Waals surface area contributed by atoms with Gasteiger partial charge in [-0.15, -0.1) is 0 Å². The highest BCUT2D eigenvalue weighted by atomic mass is 19.1. The van der Waals surface area contributed by atoms with E-state index < -0.39 is 24.5 Å². The van der Waals surface area contributed by atoms with Crippen molar-refractivity contribution in [2.24, 2.45) is 40.6 Å². The Morgan fingerprint density at radius 3 is 2.39 bits per heavy atom. The lowest BCUT2D eigenvalue weighted by Crippen LogP contribution is -2.65. The van der Waals surface area contributed by atoms with Crippen LogP contribution in [0.15, 0.2) is 11.6 Å². The van der Waals surface area contributed by atoms with Crippen molar-refractivity contribution in [3.05, 3.63) is 11.6 Å². The number of alkyl halides is 1. The third-order valence-corrected chi connectivity index (χ3v) is 14.5. The molecular formula is C38H67FN8O2. The molecule has 1 amide bonds. The van der Waals surface area contributed by atoms with Crippen molar-refractivity contribution in [3.63, 3.8) is 0 Å². The van der Waals surface area contributed by atoms with Crippen molar-refractivity contribution < 1.29 is 14.3 Å². The van der Waals surface area contributed by atoms with Gasteiger partial charge in [-0.3, -0.25) is 9.69 Å². The van der Waals surface area contributed by atoms with Gasteiger partial charge in [0, 0.05) is 57.4 Å². The number of nitrogens with two attached hydrogens (primary N) is 2. The zero-order valence-corrected chi connectivity index (χ0v) is 30.0. The number of amides is 1. The fraction of sp³-hybridized carbons (Fsp3) is 0.921. The molecule has 49 heavy (non-hydrogen) atoms. The van der Waals surface area contributed by atoms with Crippen LogP contribution >= 0.6 is 0 Å². The first-order valence-electron chi connectivity index (χ1n) is 20.3. The highest BCUT2D eigenvalue weighted by Gasteiger charge is 2.54. The van der Waals surface area contributed by atoms with Gasteiger partial charge in [0.15, 0.2) is 0 Å². The fourth-order valence-corrected chi connectivity index (χ4v) is 11.5. The van der Waals surface area contributed by atoms with Crippen LogP contribution in [-0.2, 0) is 4.79 Å². The van der Waals surface area contributed by atoms with Crippen molar-refractivity contribution >= 4 is 5.91 Å². The van der Waals surface area contributed by atoms with Gasteiger partial charge in [0.2, 0.25) is 5.91 Å². The van der Waals surface area contributed by atoms with E-state index in [1.807, 2.05) is 0 Å². The number of nitrogens with one attached hydrogen (secondary N) is 4. The Balaban J connectivity index is 0.982. The summed E-state index contributed by atoms with van der Waals surface area (Å²) in [5, 5.41) is 25.5. The van der Waals surface area contributed by atoms with Crippen LogP contribution in [0.3, 0.4) is 0 Å².